The van der Waals surface area contributed by atoms with Gasteiger partial charge in [-0.1, -0.05) is 6.07 Å². The molecule has 0 spiro atoms. The lowest BCUT2D eigenvalue weighted by Gasteiger charge is -2.31. The van der Waals surface area contributed by atoms with E-state index in [4.69, 9.17) is 18.7 Å². The van der Waals surface area contributed by atoms with E-state index in [0.29, 0.717) is 0 Å². The molecule has 1 aromatic heterocycles. The minimum Gasteiger partial charge on any atom is -0.381 e. The molecule has 5 atom stereocenters. The summed E-state index contributed by atoms with van der Waals surface area (Å²) in [6.45, 7) is 0.202. The summed E-state index contributed by atoms with van der Waals surface area (Å²) in [7, 11) is -1.71. The van der Waals surface area contributed by atoms with E-state index in [1.807, 2.05) is 0 Å². The Kier molecular flexibility index (Phi) is 4.45. The zero-order valence-corrected chi connectivity index (χ0v) is 13.5. The summed E-state index contributed by atoms with van der Waals surface area (Å²) in [5.41, 5.74) is -1.37. The third-order valence-electron chi connectivity index (χ3n) is 3.96. The largest absolute Gasteiger partial charge is 0.472 e. The molecular weight excluding hydrogens is 329 g/mol. The number of phosphoric acid groups is 1. The molecule has 128 valence electrons. The van der Waals surface area contributed by atoms with Crippen LogP contribution in [0.4, 0.5) is 0 Å². The molecule has 10 heteroatoms. The Labute approximate surface area is 132 Å². The van der Waals surface area contributed by atoms with Crippen LogP contribution in [-0.2, 0) is 27.8 Å². The molecule has 2 fully saturated rings. The predicted molar refractivity (Wildman–Crippen MR) is 76.9 cm³/mol. The van der Waals surface area contributed by atoms with Gasteiger partial charge in [0, 0.05) is 26.5 Å². The van der Waals surface area contributed by atoms with E-state index in [1.165, 1.54) is 17.7 Å². The van der Waals surface area contributed by atoms with Crippen LogP contribution in [0.1, 0.15) is 6.23 Å². The highest BCUT2D eigenvalue weighted by Gasteiger charge is 2.64. The summed E-state index contributed by atoms with van der Waals surface area (Å²) in [5.74, 6) is 0. The lowest BCUT2D eigenvalue weighted by Crippen LogP contribution is -2.45. The monoisotopic (exact) mass is 347 g/mol. The van der Waals surface area contributed by atoms with Gasteiger partial charge in [0.15, 0.2) is 6.23 Å². The van der Waals surface area contributed by atoms with E-state index in [2.05, 4.69) is 4.52 Å². The van der Waals surface area contributed by atoms with Crippen LogP contribution in [0.3, 0.4) is 0 Å². The molecular formula is C13H18NO8P. The smallest absolute Gasteiger partial charge is 0.381 e. The first kappa shape index (κ1) is 16.8. The second-order valence-electron chi connectivity index (χ2n) is 5.41. The van der Waals surface area contributed by atoms with Crippen molar-refractivity contribution in [2.75, 3.05) is 27.4 Å². The Balaban J connectivity index is 1.95. The van der Waals surface area contributed by atoms with Crippen molar-refractivity contribution in [3.8, 4) is 0 Å². The molecule has 9 nitrogen and oxygen atoms in total. The van der Waals surface area contributed by atoms with Crippen molar-refractivity contribution in [1.29, 1.82) is 0 Å². The van der Waals surface area contributed by atoms with Crippen LogP contribution in [0.25, 0.3) is 0 Å². The molecule has 2 aliphatic rings. The molecule has 2 aliphatic heterocycles. The van der Waals surface area contributed by atoms with Crippen LogP contribution < -0.4 is 5.56 Å². The fourth-order valence-electron chi connectivity index (χ4n) is 2.96. The van der Waals surface area contributed by atoms with Gasteiger partial charge in [-0.25, -0.2) is 4.57 Å². The second-order valence-corrected chi connectivity index (χ2v) is 6.92. The van der Waals surface area contributed by atoms with E-state index < -0.39 is 31.9 Å². The first-order valence-corrected chi connectivity index (χ1v) is 8.44. The Bertz CT molecular complexity index is 678. The number of phosphoric ester groups is 1. The minimum atomic E-state index is -4.26. The quantitative estimate of drug-likeness (QED) is 0.732. The number of fused-ring (bicyclic) bond motifs is 2. The van der Waals surface area contributed by atoms with Crippen LogP contribution >= 0.6 is 7.82 Å². The standard InChI is InChI=1S/C13H18NO8P/c1-18-7-13-8-20-10(11(13)22-23(16,17)19-2)12(21-13)14-6-4-3-5-9(14)15/h3-6,10-12H,7-8H2,1-2H3,(H,16,17)/t10?,11-,12?,13+/m1/s1. The van der Waals surface area contributed by atoms with Gasteiger partial charge >= 0.3 is 7.82 Å². The van der Waals surface area contributed by atoms with E-state index >= 15 is 0 Å². The number of rotatable bonds is 6. The van der Waals surface area contributed by atoms with Crippen molar-refractivity contribution >= 4 is 7.82 Å². The maximum atomic E-state index is 12.0. The average Bonchev–Trinajstić information content (AvgIpc) is 2.99. The topological polar surface area (TPSA) is 105 Å². The lowest BCUT2D eigenvalue weighted by atomic mass is 10.0. The Hall–Kier alpha value is -1.06. The van der Waals surface area contributed by atoms with Gasteiger partial charge in [-0.2, -0.15) is 0 Å². The summed E-state index contributed by atoms with van der Waals surface area (Å²) in [6.07, 6.45) is -0.866. The molecule has 2 saturated heterocycles. The van der Waals surface area contributed by atoms with Gasteiger partial charge in [-0.3, -0.25) is 18.4 Å². The Morgan fingerprint density at radius 3 is 2.91 bits per heavy atom. The number of ether oxygens (including phenoxy) is 3. The van der Waals surface area contributed by atoms with Crippen molar-refractivity contribution in [2.24, 2.45) is 0 Å². The predicted octanol–water partition coefficient (Wildman–Crippen LogP) is 0.293. The van der Waals surface area contributed by atoms with Crippen molar-refractivity contribution < 1.29 is 32.7 Å². The maximum Gasteiger partial charge on any atom is 0.472 e. The van der Waals surface area contributed by atoms with E-state index in [9.17, 15) is 14.3 Å². The number of methoxy groups -OCH3 is 1. The fourth-order valence-corrected chi connectivity index (χ4v) is 3.64. The van der Waals surface area contributed by atoms with Crippen molar-refractivity contribution in [1.82, 2.24) is 4.57 Å². The molecule has 0 amide bonds. The third kappa shape index (κ3) is 2.89. The van der Waals surface area contributed by atoms with E-state index in [1.54, 1.807) is 18.3 Å². The van der Waals surface area contributed by atoms with E-state index in [-0.39, 0.29) is 18.8 Å². The summed E-state index contributed by atoms with van der Waals surface area (Å²) in [4.78, 5) is 21.7. The highest BCUT2D eigenvalue weighted by molar-refractivity contribution is 7.47. The molecule has 3 unspecified atom stereocenters. The molecule has 0 saturated carbocycles. The minimum absolute atomic E-state index is 0.0793. The first-order chi connectivity index (χ1) is 10.9. The summed E-state index contributed by atoms with van der Waals surface area (Å²) >= 11 is 0. The molecule has 0 aromatic carbocycles. The zero-order valence-electron chi connectivity index (χ0n) is 12.7. The highest BCUT2D eigenvalue weighted by Crippen LogP contribution is 2.54. The maximum absolute atomic E-state index is 12.0. The molecule has 2 bridgehead atoms. The second kappa shape index (κ2) is 6.10. The third-order valence-corrected chi connectivity index (χ3v) is 4.92. The van der Waals surface area contributed by atoms with Crippen LogP contribution in [0.2, 0.25) is 0 Å². The molecule has 1 N–H and O–H groups in total. The molecule has 3 rings (SSSR count). The SMILES string of the molecule is COC[C@@]12COC(C(n3ccccc3=O)O1)[C@H]2OP(=O)(O)OC. The van der Waals surface area contributed by atoms with Gasteiger partial charge in [0.1, 0.15) is 17.8 Å². The fraction of sp³-hybridized carbons (Fsp3) is 0.615. The van der Waals surface area contributed by atoms with Crippen molar-refractivity contribution in [3.63, 3.8) is 0 Å². The molecule has 0 aliphatic carbocycles. The van der Waals surface area contributed by atoms with Gasteiger partial charge in [-0.15, -0.1) is 0 Å². The average molecular weight is 347 g/mol. The van der Waals surface area contributed by atoms with Gasteiger partial charge in [0.25, 0.3) is 5.56 Å². The van der Waals surface area contributed by atoms with Gasteiger partial charge < -0.3 is 19.1 Å². The van der Waals surface area contributed by atoms with Crippen LogP contribution in [0, 0.1) is 0 Å². The summed E-state index contributed by atoms with van der Waals surface area (Å²) in [6, 6.07) is 4.68. The molecule has 23 heavy (non-hydrogen) atoms. The number of nitrogens with zero attached hydrogens (tertiary/aromatic N) is 1. The van der Waals surface area contributed by atoms with E-state index in [0.717, 1.165) is 7.11 Å². The van der Waals surface area contributed by atoms with Crippen LogP contribution in [-0.4, -0.2) is 54.7 Å². The first-order valence-electron chi connectivity index (χ1n) is 6.95. The number of aromatic nitrogens is 1. The van der Waals surface area contributed by atoms with Crippen LogP contribution in [0.15, 0.2) is 29.2 Å². The normalized spacial score (nSPS) is 35.3. The van der Waals surface area contributed by atoms with Gasteiger partial charge in [0.05, 0.1) is 13.2 Å². The summed E-state index contributed by atoms with van der Waals surface area (Å²) in [5, 5.41) is 0. The molecule has 3 heterocycles. The van der Waals surface area contributed by atoms with Crippen molar-refractivity contribution in [2.45, 2.75) is 24.0 Å². The number of pyridine rings is 1. The highest BCUT2D eigenvalue weighted by atomic mass is 31.2. The zero-order chi connectivity index (χ0) is 16.7. The van der Waals surface area contributed by atoms with Crippen molar-refractivity contribution in [3.05, 3.63) is 34.7 Å². The number of hydrogen-bond acceptors (Lipinski definition) is 7. The van der Waals surface area contributed by atoms with Gasteiger partial charge in [-0.05, 0) is 6.07 Å². The Morgan fingerprint density at radius 2 is 2.26 bits per heavy atom. The molecule has 1 aromatic rings. The molecule has 0 radical (unpaired) electrons. The Morgan fingerprint density at radius 1 is 1.48 bits per heavy atom. The lowest BCUT2D eigenvalue weighted by molar-refractivity contribution is -0.190. The number of hydrogen-bond donors (Lipinski definition) is 1. The van der Waals surface area contributed by atoms with Gasteiger partial charge in [0.2, 0.25) is 0 Å². The van der Waals surface area contributed by atoms with Crippen LogP contribution in [0.5, 0.6) is 0 Å². The summed E-state index contributed by atoms with van der Waals surface area (Å²) < 4.78 is 39.6.